The molecular formula is C36H38Cl3N3O4S. The third-order valence-electron chi connectivity index (χ3n) is 7.96. The molecule has 0 aliphatic heterocycles. The van der Waals surface area contributed by atoms with Crippen LogP contribution < -0.4 is 9.62 Å². The summed E-state index contributed by atoms with van der Waals surface area (Å²) in [5.41, 5.74) is 3.21. The van der Waals surface area contributed by atoms with Gasteiger partial charge >= 0.3 is 0 Å². The lowest BCUT2D eigenvalue weighted by Gasteiger charge is -2.34. The van der Waals surface area contributed by atoms with Gasteiger partial charge in [0.25, 0.3) is 10.0 Å². The van der Waals surface area contributed by atoms with E-state index in [2.05, 4.69) is 5.32 Å². The van der Waals surface area contributed by atoms with Crippen LogP contribution in [0.25, 0.3) is 0 Å². The zero-order valence-electron chi connectivity index (χ0n) is 26.7. The van der Waals surface area contributed by atoms with Crippen LogP contribution >= 0.6 is 34.8 Å². The molecule has 0 radical (unpaired) electrons. The second-order valence-electron chi connectivity index (χ2n) is 11.5. The zero-order valence-corrected chi connectivity index (χ0v) is 29.8. The molecule has 11 heteroatoms. The van der Waals surface area contributed by atoms with Crippen molar-refractivity contribution in [3.63, 3.8) is 0 Å². The van der Waals surface area contributed by atoms with Gasteiger partial charge in [-0.05, 0) is 80.3 Å². The van der Waals surface area contributed by atoms with Crippen molar-refractivity contribution in [2.75, 3.05) is 10.8 Å². The molecule has 0 fully saturated rings. The summed E-state index contributed by atoms with van der Waals surface area (Å²) in [7, 11) is -4.26. The van der Waals surface area contributed by atoms with Gasteiger partial charge in [-0.2, -0.15) is 0 Å². The quantitative estimate of drug-likeness (QED) is 0.152. The van der Waals surface area contributed by atoms with Gasteiger partial charge in [-0.25, -0.2) is 8.42 Å². The van der Waals surface area contributed by atoms with Crippen LogP contribution in [-0.2, 0) is 32.6 Å². The molecule has 1 N–H and O–H groups in total. The minimum Gasteiger partial charge on any atom is -0.352 e. The van der Waals surface area contributed by atoms with Crippen LogP contribution in [0.4, 0.5) is 5.69 Å². The Labute approximate surface area is 292 Å². The second-order valence-corrected chi connectivity index (χ2v) is 14.7. The fourth-order valence-electron chi connectivity index (χ4n) is 4.93. The van der Waals surface area contributed by atoms with E-state index in [1.807, 2.05) is 51.1 Å². The van der Waals surface area contributed by atoms with Crippen LogP contribution in [0.3, 0.4) is 0 Å². The van der Waals surface area contributed by atoms with E-state index in [4.69, 9.17) is 34.8 Å². The average molecular weight is 715 g/mol. The normalized spacial score (nSPS) is 12.7. The first kappa shape index (κ1) is 36.3. The fourth-order valence-corrected chi connectivity index (χ4v) is 6.98. The summed E-state index contributed by atoms with van der Waals surface area (Å²) in [6.45, 7) is 6.81. The van der Waals surface area contributed by atoms with Crippen molar-refractivity contribution in [2.45, 2.75) is 64.1 Å². The number of halogens is 3. The maximum absolute atomic E-state index is 14.6. The van der Waals surface area contributed by atoms with Crippen LogP contribution in [-0.4, -0.2) is 43.8 Å². The average Bonchev–Trinajstić information content (AvgIpc) is 3.04. The Morgan fingerprint density at radius 3 is 2.15 bits per heavy atom. The number of nitrogens with zero attached hydrogens (tertiary/aromatic N) is 2. The van der Waals surface area contributed by atoms with Crippen molar-refractivity contribution >= 4 is 62.3 Å². The molecule has 0 spiro atoms. The summed E-state index contributed by atoms with van der Waals surface area (Å²) < 4.78 is 29.5. The maximum Gasteiger partial charge on any atom is 0.264 e. The molecule has 0 saturated heterocycles. The van der Waals surface area contributed by atoms with Crippen molar-refractivity contribution in [2.24, 2.45) is 0 Å². The monoisotopic (exact) mass is 713 g/mol. The predicted octanol–water partition coefficient (Wildman–Crippen LogP) is 8.01. The highest BCUT2D eigenvalue weighted by Crippen LogP contribution is 2.30. The van der Waals surface area contributed by atoms with Crippen LogP contribution in [0.15, 0.2) is 95.9 Å². The molecule has 0 bridgehead atoms. The van der Waals surface area contributed by atoms with E-state index in [1.165, 1.54) is 23.1 Å². The van der Waals surface area contributed by atoms with Gasteiger partial charge in [0, 0.05) is 34.1 Å². The minimum absolute atomic E-state index is 0.00948. The van der Waals surface area contributed by atoms with Gasteiger partial charge in [0.05, 0.1) is 10.6 Å². The van der Waals surface area contributed by atoms with Crippen LogP contribution in [0.5, 0.6) is 0 Å². The van der Waals surface area contributed by atoms with Gasteiger partial charge in [0.2, 0.25) is 11.8 Å². The molecule has 0 aromatic heterocycles. The topological polar surface area (TPSA) is 86.8 Å². The highest BCUT2D eigenvalue weighted by atomic mass is 35.5. The molecular weight excluding hydrogens is 677 g/mol. The Balaban J connectivity index is 1.85. The largest absolute Gasteiger partial charge is 0.352 e. The number of rotatable bonds is 13. The number of aryl methyl sites for hydroxylation is 2. The van der Waals surface area contributed by atoms with Gasteiger partial charge in [-0.15, -0.1) is 0 Å². The summed E-state index contributed by atoms with van der Waals surface area (Å²) in [6.07, 6.45) is 0.860. The van der Waals surface area contributed by atoms with Crippen molar-refractivity contribution in [3.05, 3.63) is 128 Å². The van der Waals surface area contributed by atoms with E-state index in [0.29, 0.717) is 27.1 Å². The summed E-state index contributed by atoms with van der Waals surface area (Å²) in [4.78, 5) is 30.0. The van der Waals surface area contributed by atoms with Crippen LogP contribution in [0.2, 0.25) is 15.1 Å². The highest BCUT2D eigenvalue weighted by molar-refractivity contribution is 7.92. The van der Waals surface area contributed by atoms with E-state index < -0.39 is 28.5 Å². The number of hydrogen-bond donors (Lipinski definition) is 1. The Hall–Kier alpha value is -3.56. The lowest BCUT2D eigenvalue weighted by molar-refractivity contribution is -0.140. The SMILES string of the molecule is CCC(C)NC(=O)C(Cc1ccccc1)N(Cc1ccc(Cl)cc1Cl)C(=O)CN(c1ccc(C)c(Cl)c1)S(=O)(=O)c1ccc(C)cc1. The van der Waals surface area contributed by atoms with E-state index in [-0.39, 0.29) is 35.5 Å². The fraction of sp³-hybridized carbons (Fsp3) is 0.278. The number of carbonyl (C=O) groups is 2. The summed E-state index contributed by atoms with van der Waals surface area (Å²) in [5.74, 6) is -0.975. The number of anilines is 1. The van der Waals surface area contributed by atoms with Crippen molar-refractivity contribution in [1.82, 2.24) is 10.2 Å². The molecule has 248 valence electrons. The smallest absolute Gasteiger partial charge is 0.264 e. The standard InChI is InChI=1S/C36H38Cl3N3O4S/c1-5-26(4)40-36(44)34(19-27-9-7-6-8-10-27)41(22-28-14-15-29(37)20-33(28)39)35(43)23-42(30-16-13-25(3)32(38)21-30)47(45,46)31-17-11-24(2)12-18-31/h6-18,20-21,26,34H,5,19,22-23H2,1-4H3,(H,40,44). The number of nitrogens with one attached hydrogen (secondary N) is 1. The van der Waals surface area contributed by atoms with Crippen molar-refractivity contribution in [3.8, 4) is 0 Å². The van der Waals surface area contributed by atoms with Gasteiger partial charge in [0.15, 0.2) is 0 Å². The van der Waals surface area contributed by atoms with Crippen molar-refractivity contribution < 1.29 is 18.0 Å². The van der Waals surface area contributed by atoms with Gasteiger partial charge < -0.3 is 10.2 Å². The van der Waals surface area contributed by atoms with Gasteiger partial charge in [0.1, 0.15) is 12.6 Å². The molecule has 4 aromatic carbocycles. The molecule has 2 unspecified atom stereocenters. The van der Waals surface area contributed by atoms with E-state index in [9.17, 15) is 18.0 Å². The molecule has 47 heavy (non-hydrogen) atoms. The van der Waals surface area contributed by atoms with Crippen LogP contribution in [0.1, 0.15) is 42.5 Å². The van der Waals surface area contributed by atoms with Gasteiger partial charge in [-0.1, -0.05) is 102 Å². The number of benzene rings is 4. The maximum atomic E-state index is 14.6. The third kappa shape index (κ3) is 9.29. The van der Waals surface area contributed by atoms with Crippen LogP contribution in [0, 0.1) is 13.8 Å². The molecule has 0 aliphatic carbocycles. The lowest BCUT2D eigenvalue weighted by atomic mass is 10.0. The Morgan fingerprint density at radius 1 is 0.851 bits per heavy atom. The summed E-state index contributed by atoms with van der Waals surface area (Å²) in [5, 5.41) is 4.09. The molecule has 0 saturated carbocycles. The lowest BCUT2D eigenvalue weighted by Crippen LogP contribution is -2.54. The Morgan fingerprint density at radius 2 is 1.53 bits per heavy atom. The molecule has 2 atom stereocenters. The number of carbonyl (C=O) groups excluding carboxylic acids is 2. The number of sulfonamides is 1. The van der Waals surface area contributed by atoms with Gasteiger partial charge in [-0.3, -0.25) is 13.9 Å². The first-order chi connectivity index (χ1) is 22.3. The summed E-state index contributed by atoms with van der Waals surface area (Å²) >= 11 is 19.2. The predicted molar refractivity (Wildman–Crippen MR) is 191 cm³/mol. The molecule has 2 amide bonds. The molecule has 4 rings (SSSR count). The second kappa shape index (κ2) is 16.0. The minimum atomic E-state index is -4.26. The Bertz CT molecular complexity index is 1820. The number of amides is 2. The highest BCUT2D eigenvalue weighted by Gasteiger charge is 2.35. The molecule has 0 aliphatic rings. The van der Waals surface area contributed by atoms with Crippen molar-refractivity contribution in [1.29, 1.82) is 0 Å². The summed E-state index contributed by atoms with van der Waals surface area (Å²) in [6, 6.07) is 24.3. The van der Waals surface area contributed by atoms with E-state index in [1.54, 1.807) is 49.4 Å². The zero-order chi connectivity index (χ0) is 34.3. The molecule has 7 nitrogen and oxygen atoms in total. The van der Waals surface area contributed by atoms with E-state index in [0.717, 1.165) is 21.0 Å². The molecule has 0 heterocycles. The molecule has 4 aromatic rings. The number of hydrogen-bond acceptors (Lipinski definition) is 4. The first-order valence-electron chi connectivity index (χ1n) is 15.2. The third-order valence-corrected chi connectivity index (χ3v) is 10.7. The van der Waals surface area contributed by atoms with E-state index >= 15 is 0 Å². The Kier molecular flexibility index (Phi) is 12.4. The first-order valence-corrected chi connectivity index (χ1v) is 17.8.